The summed E-state index contributed by atoms with van der Waals surface area (Å²) in [5.41, 5.74) is 3.37. The summed E-state index contributed by atoms with van der Waals surface area (Å²) in [5, 5.41) is 61.9. The highest BCUT2D eigenvalue weighted by Gasteiger charge is 2.32. The molecule has 0 unspecified atom stereocenters. The van der Waals surface area contributed by atoms with E-state index in [1.807, 2.05) is 6.07 Å². The zero-order chi connectivity index (χ0) is 37.9. The molecule has 0 bridgehead atoms. The summed E-state index contributed by atoms with van der Waals surface area (Å²) in [6.07, 6.45) is -4.80. The highest BCUT2D eigenvalue weighted by molar-refractivity contribution is 6.12. The van der Waals surface area contributed by atoms with Crippen molar-refractivity contribution in [1.82, 2.24) is 9.13 Å². The van der Waals surface area contributed by atoms with Gasteiger partial charge in [-0.15, -0.1) is 0 Å². The van der Waals surface area contributed by atoms with Crippen LogP contribution in [-0.2, 0) is 6.18 Å². The summed E-state index contributed by atoms with van der Waals surface area (Å²) in [4.78, 5) is 0. The van der Waals surface area contributed by atoms with Gasteiger partial charge in [-0.2, -0.15) is 44.7 Å². The largest absolute Gasteiger partial charge is 0.416 e. The Morgan fingerprint density at radius 1 is 0.407 bits per heavy atom. The van der Waals surface area contributed by atoms with E-state index in [9.17, 15) is 44.7 Å². The predicted molar refractivity (Wildman–Crippen MR) is 194 cm³/mol. The number of benzene rings is 6. The first-order valence-electron chi connectivity index (χ1n) is 16.1. The third-order valence-corrected chi connectivity index (χ3v) is 9.46. The van der Waals surface area contributed by atoms with Crippen molar-refractivity contribution in [3.8, 4) is 58.9 Å². The highest BCUT2D eigenvalue weighted by Crippen LogP contribution is 2.43. The van der Waals surface area contributed by atoms with E-state index in [0.717, 1.165) is 12.1 Å². The molecule has 11 heteroatoms. The summed E-state index contributed by atoms with van der Waals surface area (Å²) in [7, 11) is 0. The number of aromatic nitrogens is 2. The van der Waals surface area contributed by atoms with E-state index in [1.54, 1.807) is 94.1 Å². The Hall–Kier alpha value is -8.35. The topological polar surface area (TPSA) is 153 Å². The van der Waals surface area contributed by atoms with E-state index < -0.39 is 11.7 Å². The molecule has 2 heterocycles. The first kappa shape index (κ1) is 32.8. The molecule has 250 valence electrons. The van der Waals surface area contributed by atoms with E-state index in [4.69, 9.17) is 0 Å². The van der Waals surface area contributed by atoms with E-state index in [0.29, 0.717) is 77.2 Å². The fraction of sp³-hybridized carbons (Fsp3) is 0.0233. The molecule has 0 fully saturated rings. The average Bonchev–Trinajstić information content (AvgIpc) is 3.70. The van der Waals surface area contributed by atoms with Gasteiger partial charge in [0.2, 0.25) is 0 Å². The average molecular weight is 703 g/mol. The van der Waals surface area contributed by atoms with E-state index in [2.05, 4.69) is 30.3 Å². The molecule has 0 saturated carbocycles. The van der Waals surface area contributed by atoms with Crippen LogP contribution >= 0.6 is 0 Å². The fourth-order valence-electron chi connectivity index (χ4n) is 7.12. The van der Waals surface area contributed by atoms with Gasteiger partial charge in [0.05, 0.1) is 103 Å². The van der Waals surface area contributed by atoms with Crippen LogP contribution in [0.4, 0.5) is 13.2 Å². The molecule has 8 aromatic rings. The molecule has 0 aliphatic heterocycles. The molecule has 0 amide bonds. The third-order valence-electron chi connectivity index (χ3n) is 9.46. The summed E-state index contributed by atoms with van der Waals surface area (Å²) in [6, 6.07) is 38.8. The van der Waals surface area contributed by atoms with Crippen LogP contribution in [0, 0.1) is 68.0 Å². The number of hydrogen-bond acceptors (Lipinski definition) is 6. The Labute approximate surface area is 304 Å². The summed E-state index contributed by atoms with van der Waals surface area (Å²) in [5.74, 6) is 0. The molecule has 0 atom stereocenters. The molecule has 0 saturated heterocycles. The molecule has 0 N–H and O–H groups in total. The number of hydrogen-bond donors (Lipinski definition) is 0. The molecular formula is C43H17F3N8. The first-order chi connectivity index (χ1) is 26.1. The Balaban J connectivity index is 1.56. The van der Waals surface area contributed by atoms with Gasteiger partial charge in [-0.3, -0.25) is 0 Å². The van der Waals surface area contributed by atoms with E-state index in [-0.39, 0.29) is 22.3 Å². The molecule has 0 spiro atoms. The van der Waals surface area contributed by atoms with Gasteiger partial charge >= 0.3 is 6.18 Å². The van der Waals surface area contributed by atoms with Crippen LogP contribution < -0.4 is 0 Å². The zero-order valence-corrected chi connectivity index (χ0v) is 27.5. The van der Waals surface area contributed by atoms with Crippen LogP contribution in [0.1, 0.15) is 38.9 Å². The van der Waals surface area contributed by atoms with Gasteiger partial charge in [-0.05, 0) is 109 Å². The Morgan fingerprint density at radius 3 is 1.19 bits per heavy atom. The number of nitrogens with zero attached hydrogens (tertiary/aromatic N) is 8. The molecule has 8 rings (SSSR count). The second-order valence-corrected chi connectivity index (χ2v) is 12.5. The van der Waals surface area contributed by atoms with Gasteiger partial charge in [-0.1, -0.05) is 0 Å². The van der Waals surface area contributed by atoms with Crippen LogP contribution in [0.2, 0.25) is 0 Å². The van der Waals surface area contributed by atoms with Crippen molar-refractivity contribution in [3.05, 3.63) is 142 Å². The zero-order valence-electron chi connectivity index (χ0n) is 27.5. The second kappa shape index (κ2) is 12.2. The molecular weight excluding hydrogens is 686 g/mol. The number of nitriles is 6. The standard InChI is InChI=1S/C43H17F3N8/c44-43(45,46)31-10-28(22-51)9-29(15-31)32-17-41(53-37-5-1-24(18-47)11-33(37)34-12-25(19-48)2-6-38(34)53)30(23-52)16-42(32)54-39-7-3-26(20-49)13-35(39)36-14-27(21-50)4-8-40(36)54/h1-17H. The smallest absolute Gasteiger partial charge is 0.309 e. The van der Waals surface area contributed by atoms with Crippen molar-refractivity contribution in [2.24, 2.45) is 0 Å². The van der Waals surface area contributed by atoms with Gasteiger partial charge in [0.25, 0.3) is 0 Å². The van der Waals surface area contributed by atoms with Crippen LogP contribution in [0.3, 0.4) is 0 Å². The lowest BCUT2D eigenvalue weighted by Gasteiger charge is -2.20. The maximum Gasteiger partial charge on any atom is 0.416 e. The molecule has 8 nitrogen and oxygen atoms in total. The summed E-state index contributed by atoms with van der Waals surface area (Å²) < 4.78 is 46.6. The second-order valence-electron chi connectivity index (χ2n) is 12.5. The molecule has 0 aliphatic carbocycles. The maximum absolute atomic E-state index is 14.4. The minimum absolute atomic E-state index is 0.0405. The number of fused-ring (bicyclic) bond motifs is 6. The van der Waals surface area contributed by atoms with Crippen molar-refractivity contribution in [2.45, 2.75) is 6.18 Å². The van der Waals surface area contributed by atoms with Gasteiger partial charge in [0.15, 0.2) is 0 Å². The predicted octanol–water partition coefficient (Wildman–Crippen LogP) is 9.80. The minimum Gasteiger partial charge on any atom is -0.309 e. The lowest BCUT2D eigenvalue weighted by atomic mass is 9.95. The van der Waals surface area contributed by atoms with Crippen molar-refractivity contribution in [1.29, 1.82) is 31.6 Å². The summed E-state index contributed by atoms with van der Waals surface area (Å²) in [6.45, 7) is 0. The van der Waals surface area contributed by atoms with Crippen LogP contribution in [0.25, 0.3) is 66.1 Å². The van der Waals surface area contributed by atoms with Crippen molar-refractivity contribution >= 4 is 43.6 Å². The SMILES string of the molecule is N#Cc1cc(-c2cc(-n3c4ccc(C#N)cc4c4cc(C#N)ccc43)c(C#N)cc2-n2c3ccc(C#N)cc3c3cc(C#N)ccc32)cc(C(F)(F)F)c1. The lowest BCUT2D eigenvalue weighted by Crippen LogP contribution is -2.07. The maximum atomic E-state index is 14.4. The van der Waals surface area contributed by atoms with Crippen molar-refractivity contribution in [2.75, 3.05) is 0 Å². The first-order valence-corrected chi connectivity index (χ1v) is 16.1. The number of alkyl halides is 3. The molecule has 2 aromatic heterocycles. The van der Waals surface area contributed by atoms with Gasteiger partial charge < -0.3 is 9.13 Å². The van der Waals surface area contributed by atoms with Crippen molar-refractivity contribution < 1.29 is 13.2 Å². The molecule has 0 aliphatic rings. The Morgan fingerprint density at radius 2 is 0.815 bits per heavy atom. The van der Waals surface area contributed by atoms with Gasteiger partial charge in [0.1, 0.15) is 6.07 Å². The van der Waals surface area contributed by atoms with E-state index >= 15 is 0 Å². The number of halogens is 3. The quantitative estimate of drug-likeness (QED) is 0.179. The van der Waals surface area contributed by atoms with Crippen LogP contribution in [-0.4, -0.2) is 9.13 Å². The minimum atomic E-state index is -4.80. The summed E-state index contributed by atoms with van der Waals surface area (Å²) >= 11 is 0. The molecule has 0 radical (unpaired) electrons. The lowest BCUT2D eigenvalue weighted by molar-refractivity contribution is -0.137. The van der Waals surface area contributed by atoms with E-state index in [1.165, 1.54) is 6.07 Å². The molecule has 54 heavy (non-hydrogen) atoms. The van der Waals surface area contributed by atoms with Crippen LogP contribution in [0.15, 0.2) is 103 Å². The Kier molecular flexibility index (Phi) is 7.39. The monoisotopic (exact) mass is 702 g/mol. The number of rotatable bonds is 3. The highest BCUT2D eigenvalue weighted by atomic mass is 19.4. The van der Waals surface area contributed by atoms with Crippen molar-refractivity contribution in [3.63, 3.8) is 0 Å². The third kappa shape index (κ3) is 5.03. The Bertz CT molecular complexity index is 3090. The normalized spacial score (nSPS) is 11.1. The van der Waals surface area contributed by atoms with Crippen LogP contribution in [0.5, 0.6) is 0 Å². The van der Waals surface area contributed by atoms with Gasteiger partial charge in [-0.25, -0.2) is 0 Å². The van der Waals surface area contributed by atoms with Gasteiger partial charge in [0, 0.05) is 27.1 Å². The fourth-order valence-corrected chi connectivity index (χ4v) is 7.12. The molecule has 6 aromatic carbocycles.